The maximum atomic E-state index is 14.6. The number of ether oxygens (including phenoxy) is 1. The molecule has 5 N–H and O–H groups in total. The summed E-state index contributed by atoms with van der Waals surface area (Å²) in [5.41, 5.74) is 6.38. The maximum Gasteiger partial charge on any atom is 0.291 e. The Labute approximate surface area is 239 Å². The van der Waals surface area contributed by atoms with Crippen LogP contribution in [0.2, 0.25) is 5.02 Å². The van der Waals surface area contributed by atoms with Gasteiger partial charge in [-0.25, -0.2) is 9.37 Å². The molecule has 0 unspecified atom stereocenters. The molecule has 0 bridgehead atoms. The number of rotatable bonds is 8. The largest absolute Gasteiger partial charge is 0.494 e. The number of anilines is 1. The van der Waals surface area contributed by atoms with Crippen molar-refractivity contribution < 1.29 is 27.9 Å². The third-order valence-corrected chi connectivity index (χ3v) is 7.88. The van der Waals surface area contributed by atoms with Gasteiger partial charge >= 0.3 is 0 Å². The molecule has 3 aromatic rings. The lowest BCUT2D eigenvalue weighted by molar-refractivity contribution is -0.129. The number of imidazole rings is 1. The molecule has 1 aromatic heterocycles. The van der Waals surface area contributed by atoms with Gasteiger partial charge < -0.3 is 31.0 Å². The number of nitrogens with zero attached hydrogens (tertiary/aromatic N) is 2. The van der Waals surface area contributed by atoms with Crippen LogP contribution in [0.5, 0.6) is 5.75 Å². The highest BCUT2D eigenvalue weighted by molar-refractivity contribution is 6.34. The van der Waals surface area contributed by atoms with E-state index in [1.807, 2.05) is 0 Å². The van der Waals surface area contributed by atoms with E-state index in [1.54, 1.807) is 0 Å². The third-order valence-electron chi connectivity index (χ3n) is 7.57. The molecule has 2 fully saturated rings. The molecule has 0 saturated heterocycles. The molecule has 2 saturated carbocycles. The SMILES string of the molecule is COc1ccc(-c2cnc(C(=O)Nc3ccc(C(=O)N[C@H]4C[C@@H](C(=O)N[C@H]5C[C@@H](N)C5)C4)c(Cl)c3)n2C)c(F)c1F. The van der Waals surface area contributed by atoms with E-state index >= 15 is 0 Å². The van der Waals surface area contributed by atoms with Crippen LogP contribution in [0, 0.1) is 17.6 Å². The topological polar surface area (TPSA) is 140 Å². The van der Waals surface area contributed by atoms with Gasteiger partial charge in [0.2, 0.25) is 11.7 Å². The molecule has 2 aliphatic rings. The van der Waals surface area contributed by atoms with Crippen molar-refractivity contribution >= 4 is 35.0 Å². The molecule has 41 heavy (non-hydrogen) atoms. The fourth-order valence-corrected chi connectivity index (χ4v) is 5.30. The van der Waals surface area contributed by atoms with Gasteiger partial charge in [0, 0.05) is 42.3 Å². The Morgan fingerprint density at radius 2 is 1.73 bits per heavy atom. The number of carbonyl (C=O) groups excluding carboxylic acids is 3. The standard InChI is InChI=1S/C28H29ClF2N6O4/c1-37-21(19-5-6-22(41-2)24(31)23(19)30)12-33-25(37)28(40)34-15-3-4-18(20(29)11-15)27(39)36-16-7-13(8-16)26(38)35-17-9-14(32)10-17/h3-6,11-14,16-17H,7-10,32H2,1-2H3,(H,34,40)(H,35,38)(H,36,39)/t13-,14-,16+,17+. The van der Waals surface area contributed by atoms with Gasteiger partial charge in [0.25, 0.3) is 11.8 Å². The highest BCUT2D eigenvalue weighted by atomic mass is 35.5. The summed E-state index contributed by atoms with van der Waals surface area (Å²) < 4.78 is 34.9. The molecule has 2 aromatic carbocycles. The second kappa shape index (κ2) is 11.5. The number of aromatic nitrogens is 2. The van der Waals surface area contributed by atoms with Crippen LogP contribution in [0.1, 0.15) is 46.7 Å². The van der Waals surface area contributed by atoms with Gasteiger partial charge in [-0.1, -0.05) is 11.6 Å². The van der Waals surface area contributed by atoms with Crippen LogP contribution in [-0.2, 0) is 11.8 Å². The van der Waals surface area contributed by atoms with Crippen molar-refractivity contribution in [1.29, 1.82) is 0 Å². The first-order valence-electron chi connectivity index (χ1n) is 13.1. The number of halogens is 3. The highest BCUT2D eigenvalue weighted by Gasteiger charge is 2.38. The predicted molar refractivity (Wildman–Crippen MR) is 148 cm³/mol. The number of benzene rings is 2. The zero-order valence-electron chi connectivity index (χ0n) is 22.3. The minimum atomic E-state index is -1.15. The maximum absolute atomic E-state index is 14.6. The van der Waals surface area contributed by atoms with Crippen LogP contribution < -0.4 is 26.4 Å². The van der Waals surface area contributed by atoms with Crippen LogP contribution in [0.25, 0.3) is 11.3 Å². The van der Waals surface area contributed by atoms with Gasteiger partial charge in [0.15, 0.2) is 17.4 Å². The minimum absolute atomic E-state index is 0.00773. The number of carbonyl (C=O) groups is 3. The summed E-state index contributed by atoms with van der Waals surface area (Å²) in [6.45, 7) is 0. The predicted octanol–water partition coefficient (Wildman–Crippen LogP) is 3.39. The van der Waals surface area contributed by atoms with Crippen LogP contribution in [-0.4, -0.2) is 52.5 Å². The fourth-order valence-electron chi connectivity index (χ4n) is 5.03. The first kappa shape index (κ1) is 28.5. The van der Waals surface area contributed by atoms with Crippen LogP contribution in [0.4, 0.5) is 14.5 Å². The van der Waals surface area contributed by atoms with E-state index in [2.05, 4.69) is 20.9 Å². The normalized spacial score (nSPS) is 21.3. The molecule has 3 amide bonds. The van der Waals surface area contributed by atoms with Crippen molar-refractivity contribution in [3.8, 4) is 17.0 Å². The van der Waals surface area contributed by atoms with Crippen molar-refractivity contribution in [2.24, 2.45) is 18.7 Å². The van der Waals surface area contributed by atoms with E-state index in [0.29, 0.717) is 18.5 Å². The fraction of sp³-hybridized carbons (Fsp3) is 0.357. The Bertz CT molecular complexity index is 1520. The van der Waals surface area contributed by atoms with Crippen molar-refractivity contribution in [3.05, 3.63) is 64.6 Å². The lowest BCUT2D eigenvalue weighted by Crippen LogP contribution is -2.55. The van der Waals surface area contributed by atoms with E-state index in [0.717, 1.165) is 12.8 Å². The van der Waals surface area contributed by atoms with Gasteiger partial charge in [0.05, 0.1) is 29.6 Å². The lowest BCUT2D eigenvalue weighted by atomic mass is 9.78. The molecule has 13 heteroatoms. The molecule has 0 spiro atoms. The molecule has 216 valence electrons. The Morgan fingerprint density at radius 1 is 1.02 bits per heavy atom. The van der Waals surface area contributed by atoms with Gasteiger partial charge in [-0.3, -0.25) is 14.4 Å². The summed E-state index contributed by atoms with van der Waals surface area (Å²) in [6, 6.07) is 7.21. The van der Waals surface area contributed by atoms with Crippen molar-refractivity contribution in [3.63, 3.8) is 0 Å². The molecule has 0 radical (unpaired) electrons. The Hall–Kier alpha value is -4.03. The molecule has 10 nitrogen and oxygen atoms in total. The second-order valence-corrected chi connectivity index (χ2v) is 10.8. The van der Waals surface area contributed by atoms with Crippen LogP contribution >= 0.6 is 11.6 Å². The van der Waals surface area contributed by atoms with E-state index in [1.165, 1.54) is 55.3 Å². The summed E-state index contributed by atoms with van der Waals surface area (Å²) in [5, 5.41) is 8.64. The molecule has 5 rings (SSSR count). The minimum Gasteiger partial charge on any atom is -0.494 e. The molecule has 0 aliphatic heterocycles. The monoisotopic (exact) mass is 586 g/mol. The molecular formula is C28H29ClF2N6O4. The summed E-state index contributed by atoms with van der Waals surface area (Å²) in [7, 11) is 2.73. The Morgan fingerprint density at radius 3 is 2.39 bits per heavy atom. The quantitative estimate of drug-likeness (QED) is 0.319. The van der Waals surface area contributed by atoms with E-state index in [9.17, 15) is 23.2 Å². The average molecular weight is 587 g/mol. The number of nitrogens with one attached hydrogen (secondary N) is 3. The van der Waals surface area contributed by atoms with Crippen LogP contribution in [0.15, 0.2) is 36.5 Å². The summed E-state index contributed by atoms with van der Waals surface area (Å²) in [6.07, 6.45) is 3.93. The first-order valence-corrected chi connectivity index (χ1v) is 13.4. The smallest absolute Gasteiger partial charge is 0.291 e. The Balaban J connectivity index is 1.18. The van der Waals surface area contributed by atoms with Gasteiger partial charge in [-0.05, 0) is 56.0 Å². The van der Waals surface area contributed by atoms with Crippen molar-refractivity contribution in [2.45, 2.75) is 43.8 Å². The number of nitrogens with two attached hydrogens (primary N) is 1. The molecular weight excluding hydrogens is 558 g/mol. The van der Waals surface area contributed by atoms with E-state index < -0.39 is 17.5 Å². The van der Waals surface area contributed by atoms with Crippen molar-refractivity contribution in [1.82, 2.24) is 20.2 Å². The van der Waals surface area contributed by atoms with Crippen molar-refractivity contribution in [2.75, 3.05) is 12.4 Å². The summed E-state index contributed by atoms with van der Waals surface area (Å²) in [4.78, 5) is 42.0. The number of amides is 3. The van der Waals surface area contributed by atoms with E-state index in [4.69, 9.17) is 22.1 Å². The number of hydrogen-bond donors (Lipinski definition) is 4. The summed E-state index contributed by atoms with van der Waals surface area (Å²) >= 11 is 6.35. The molecule has 2 aliphatic carbocycles. The molecule has 0 atom stereocenters. The third kappa shape index (κ3) is 5.75. The average Bonchev–Trinajstić information content (AvgIpc) is 3.27. The zero-order valence-corrected chi connectivity index (χ0v) is 23.1. The second-order valence-electron chi connectivity index (χ2n) is 10.4. The summed E-state index contributed by atoms with van der Waals surface area (Å²) in [5.74, 6) is -3.73. The molecule has 1 heterocycles. The Kier molecular flexibility index (Phi) is 7.96. The van der Waals surface area contributed by atoms with Gasteiger partial charge in [-0.15, -0.1) is 0 Å². The first-order chi connectivity index (χ1) is 19.5. The van der Waals surface area contributed by atoms with Gasteiger partial charge in [0.1, 0.15) is 0 Å². The lowest BCUT2D eigenvalue weighted by Gasteiger charge is -2.38. The highest BCUT2D eigenvalue weighted by Crippen LogP contribution is 2.31. The van der Waals surface area contributed by atoms with E-state index in [-0.39, 0.29) is 69.3 Å². The zero-order chi connectivity index (χ0) is 29.4. The number of methoxy groups -OCH3 is 1. The van der Waals surface area contributed by atoms with Crippen LogP contribution in [0.3, 0.4) is 0 Å². The number of hydrogen-bond acceptors (Lipinski definition) is 6. The van der Waals surface area contributed by atoms with Gasteiger partial charge in [-0.2, -0.15) is 4.39 Å².